The van der Waals surface area contributed by atoms with Gasteiger partial charge in [-0.25, -0.2) is 0 Å². The van der Waals surface area contributed by atoms with E-state index in [0.29, 0.717) is 11.1 Å². The predicted molar refractivity (Wildman–Crippen MR) is 69.8 cm³/mol. The van der Waals surface area contributed by atoms with Gasteiger partial charge in [0, 0.05) is 22.7 Å². The molecule has 0 amide bonds. The SMILES string of the molecule is O=C(c1ccccc1O)c1c[nH]c2ccccc12. The number of phenolic OH excluding ortho intramolecular Hbond substituents is 1. The third-order valence-electron chi connectivity index (χ3n) is 2.98. The molecule has 0 radical (unpaired) electrons. The lowest BCUT2D eigenvalue weighted by Gasteiger charge is -2.02. The summed E-state index contributed by atoms with van der Waals surface area (Å²) >= 11 is 0. The first-order valence-electron chi connectivity index (χ1n) is 5.66. The van der Waals surface area contributed by atoms with Gasteiger partial charge in [0.05, 0.1) is 5.56 Å². The van der Waals surface area contributed by atoms with Crippen LogP contribution in [0.4, 0.5) is 0 Å². The Kier molecular flexibility index (Phi) is 2.38. The summed E-state index contributed by atoms with van der Waals surface area (Å²) in [6.45, 7) is 0. The van der Waals surface area contributed by atoms with Crippen molar-refractivity contribution >= 4 is 16.7 Å². The van der Waals surface area contributed by atoms with Crippen LogP contribution in [-0.4, -0.2) is 15.9 Å². The fourth-order valence-corrected chi connectivity index (χ4v) is 2.07. The smallest absolute Gasteiger partial charge is 0.198 e. The van der Waals surface area contributed by atoms with Crippen molar-refractivity contribution in [2.75, 3.05) is 0 Å². The third kappa shape index (κ3) is 1.57. The summed E-state index contributed by atoms with van der Waals surface area (Å²) in [5.41, 5.74) is 1.81. The Hall–Kier alpha value is -2.55. The minimum Gasteiger partial charge on any atom is -0.507 e. The van der Waals surface area contributed by atoms with E-state index < -0.39 is 0 Å². The maximum absolute atomic E-state index is 12.4. The fraction of sp³-hybridized carbons (Fsp3) is 0. The van der Waals surface area contributed by atoms with Crippen LogP contribution in [0.2, 0.25) is 0 Å². The lowest BCUT2D eigenvalue weighted by Crippen LogP contribution is -2.00. The highest BCUT2D eigenvalue weighted by atomic mass is 16.3. The van der Waals surface area contributed by atoms with Crippen LogP contribution in [0.3, 0.4) is 0 Å². The zero-order valence-electron chi connectivity index (χ0n) is 9.55. The molecule has 3 aromatic rings. The fourth-order valence-electron chi connectivity index (χ4n) is 2.07. The van der Waals surface area contributed by atoms with Gasteiger partial charge in [-0.15, -0.1) is 0 Å². The van der Waals surface area contributed by atoms with Crippen LogP contribution in [-0.2, 0) is 0 Å². The van der Waals surface area contributed by atoms with Crippen molar-refractivity contribution < 1.29 is 9.90 Å². The molecule has 3 rings (SSSR count). The number of hydrogen-bond donors (Lipinski definition) is 2. The van der Waals surface area contributed by atoms with Crippen molar-refractivity contribution in [3.63, 3.8) is 0 Å². The number of para-hydroxylation sites is 2. The summed E-state index contributed by atoms with van der Waals surface area (Å²) in [6, 6.07) is 14.2. The molecule has 2 N–H and O–H groups in total. The quantitative estimate of drug-likeness (QED) is 0.673. The van der Waals surface area contributed by atoms with Crippen molar-refractivity contribution in [3.05, 3.63) is 65.9 Å². The van der Waals surface area contributed by atoms with Crippen LogP contribution in [0.5, 0.6) is 5.75 Å². The maximum Gasteiger partial charge on any atom is 0.198 e. The molecule has 0 aliphatic heterocycles. The summed E-state index contributed by atoms with van der Waals surface area (Å²) < 4.78 is 0. The zero-order valence-corrected chi connectivity index (χ0v) is 9.55. The van der Waals surface area contributed by atoms with Gasteiger partial charge in [-0.05, 0) is 18.2 Å². The monoisotopic (exact) mass is 237 g/mol. The molecule has 0 unspecified atom stereocenters. The molecule has 0 saturated heterocycles. The molecule has 1 aromatic heterocycles. The highest BCUT2D eigenvalue weighted by Crippen LogP contribution is 2.24. The molecule has 0 aliphatic rings. The van der Waals surface area contributed by atoms with Gasteiger partial charge < -0.3 is 10.1 Å². The number of ketones is 1. The minimum atomic E-state index is -0.175. The number of aromatic amines is 1. The second-order valence-corrected chi connectivity index (χ2v) is 4.09. The maximum atomic E-state index is 12.4. The highest BCUT2D eigenvalue weighted by molar-refractivity contribution is 6.17. The highest BCUT2D eigenvalue weighted by Gasteiger charge is 2.16. The number of phenols is 1. The predicted octanol–water partition coefficient (Wildman–Crippen LogP) is 3.10. The van der Waals surface area contributed by atoms with Crippen LogP contribution in [0, 0.1) is 0 Å². The van der Waals surface area contributed by atoms with E-state index in [9.17, 15) is 9.90 Å². The van der Waals surface area contributed by atoms with Crippen molar-refractivity contribution in [1.29, 1.82) is 0 Å². The van der Waals surface area contributed by atoms with E-state index >= 15 is 0 Å². The molecule has 88 valence electrons. The minimum absolute atomic E-state index is 0.00720. The topological polar surface area (TPSA) is 53.1 Å². The van der Waals surface area contributed by atoms with Crippen LogP contribution < -0.4 is 0 Å². The van der Waals surface area contributed by atoms with E-state index in [2.05, 4.69) is 4.98 Å². The zero-order chi connectivity index (χ0) is 12.5. The number of nitrogens with one attached hydrogen (secondary N) is 1. The molecule has 3 nitrogen and oxygen atoms in total. The van der Waals surface area contributed by atoms with Crippen molar-refractivity contribution in [2.24, 2.45) is 0 Å². The third-order valence-corrected chi connectivity index (χ3v) is 2.98. The lowest BCUT2D eigenvalue weighted by molar-refractivity contribution is 0.103. The Labute approximate surface area is 104 Å². The standard InChI is InChI=1S/C15H11NO2/c17-14-8-4-2-6-11(14)15(18)12-9-16-13-7-3-1-5-10(12)13/h1-9,16-17H. The molecule has 18 heavy (non-hydrogen) atoms. The van der Waals surface area contributed by atoms with Gasteiger partial charge in [0.1, 0.15) is 5.75 Å². The Bertz CT molecular complexity index is 728. The van der Waals surface area contributed by atoms with Crippen LogP contribution in [0.25, 0.3) is 10.9 Å². The molecule has 3 heteroatoms. The Morgan fingerprint density at radius 3 is 2.50 bits per heavy atom. The molecular weight excluding hydrogens is 226 g/mol. The number of carbonyl (C=O) groups excluding carboxylic acids is 1. The van der Waals surface area contributed by atoms with E-state index in [0.717, 1.165) is 10.9 Å². The van der Waals surface area contributed by atoms with Gasteiger partial charge in [0.25, 0.3) is 0 Å². The molecule has 0 saturated carbocycles. The van der Waals surface area contributed by atoms with Crippen molar-refractivity contribution in [2.45, 2.75) is 0 Å². The van der Waals surface area contributed by atoms with Crippen molar-refractivity contribution in [1.82, 2.24) is 4.98 Å². The summed E-state index contributed by atoms with van der Waals surface area (Å²) in [4.78, 5) is 15.4. The van der Waals surface area contributed by atoms with Gasteiger partial charge in [0.15, 0.2) is 5.78 Å². The first-order valence-corrected chi connectivity index (χ1v) is 5.66. The summed E-state index contributed by atoms with van der Waals surface area (Å²) in [7, 11) is 0. The van der Waals surface area contributed by atoms with E-state index in [-0.39, 0.29) is 11.5 Å². The largest absolute Gasteiger partial charge is 0.507 e. The van der Waals surface area contributed by atoms with E-state index in [1.54, 1.807) is 24.4 Å². The number of aromatic hydroxyl groups is 1. The molecule has 0 spiro atoms. The average molecular weight is 237 g/mol. The first-order chi connectivity index (χ1) is 8.77. The van der Waals surface area contributed by atoms with Gasteiger partial charge in [-0.1, -0.05) is 30.3 Å². The molecule has 0 fully saturated rings. The van der Waals surface area contributed by atoms with Crippen LogP contribution >= 0.6 is 0 Å². The lowest BCUT2D eigenvalue weighted by atomic mass is 10.0. The number of aromatic nitrogens is 1. The number of rotatable bonds is 2. The molecule has 0 aliphatic carbocycles. The Balaban J connectivity index is 2.16. The number of hydrogen-bond acceptors (Lipinski definition) is 2. The molecule has 2 aromatic carbocycles. The molecule has 0 atom stereocenters. The summed E-state index contributed by atoms with van der Waals surface area (Å²) in [5.74, 6) is -0.168. The second kappa shape index (κ2) is 4.04. The number of H-pyrrole nitrogens is 1. The van der Waals surface area contributed by atoms with Crippen molar-refractivity contribution in [3.8, 4) is 5.75 Å². The number of benzene rings is 2. The van der Waals surface area contributed by atoms with Gasteiger partial charge in [-0.3, -0.25) is 4.79 Å². The summed E-state index contributed by atoms with van der Waals surface area (Å²) in [5, 5.41) is 10.6. The molecule has 0 bridgehead atoms. The normalized spacial score (nSPS) is 10.7. The Morgan fingerprint density at radius 1 is 0.944 bits per heavy atom. The molecular formula is C15H11NO2. The van der Waals surface area contributed by atoms with E-state index in [4.69, 9.17) is 0 Å². The van der Waals surface area contributed by atoms with E-state index in [1.165, 1.54) is 6.07 Å². The van der Waals surface area contributed by atoms with E-state index in [1.807, 2.05) is 24.3 Å². The first kappa shape index (κ1) is 10.6. The van der Waals surface area contributed by atoms with Crippen LogP contribution in [0.1, 0.15) is 15.9 Å². The second-order valence-electron chi connectivity index (χ2n) is 4.09. The number of fused-ring (bicyclic) bond motifs is 1. The Morgan fingerprint density at radius 2 is 1.67 bits per heavy atom. The summed E-state index contributed by atoms with van der Waals surface area (Å²) in [6.07, 6.45) is 1.68. The number of carbonyl (C=O) groups is 1. The average Bonchev–Trinajstić information content (AvgIpc) is 2.82. The van der Waals surface area contributed by atoms with Crippen LogP contribution in [0.15, 0.2) is 54.7 Å². The molecule has 1 heterocycles. The van der Waals surface area contributed by atoms with Gasteiger partial charge >= 0.3 is 0 Å². The van der Waals surface area contributed by atoms with Gasteiger partial charge in [-0.2, -0.15) is 0 Å². The van der Waals surface area contributed by atoms with Gasteiger partial charge in [0.2, 0.25) is 0 Å².